The number of hydrogen-bond donors (Lipinski definition) is 0. The Morgan fingerprint density at radius 2 is 2.06 bits per heavy atom. The van der Waals surface area contributed by atoms with Crippen molar-refractivity contribution < 1.29 is 4.74 Å². The van der Waals surface area contributed by atoms with Crippen LogP contribution >= 0.6 is 11.6 Å². The second-order valence-corrected chi connectivity index (χ2v) is 5.63. The summed E-state index contributed by atoms with van der Waals surface area (Å²) in [4.78, 5) is 2.41. The summed E-state index contributed by atoms with van der Waals surface area (Å²) in [6.45, 7) is 5.35. The van der Waals surface area contributed by atoms with Crippen LogP contribution in [0.15, 0.2) is 0 Å². The third kappa shape index (κ3) is 2.91. The van der Waals surface area contributed by atoms with E-state index in [1.807, 2.05) is 0 Å². The molecule has 0 aromatic rings. The van der Waals surface area contributed by atoms with Crippen molar-refractivity contribution in [1.82, 2.24) is 4.90 Å². The molecule has 1 saturated carbocycles. The Kier molecular flexibility index (Phi) is 4.51. The van der Waals surface area contributed by atoms with Crippen LogP contribution in [0.1, 0.15) is 45.4 Å². The van der Waals surface area contributed by atoms with Crippen molar-refractivity contribution in [1.29, 1.82) is 0 Å². The minimum Gasteiger partial charge on any atom is -0.370 e. The Hall–Kier alpha value is 0.210. The molecule has 1 aliphatic heterocycles. The number of alkyl halides is 1. The van der Waals surface area contributed by atoms with Crippen LogP contribution in [0.3, 0.4) is 0 Å². The van der Waals surface area contributed by atoms with Gasteiger partial charge in [-0.1, -0.05) is 19.8 Å². The molecule has 1 unspecified atom stereocenters. The maximum absolute atomic E-state index is 6.30. The average Bonchev–Trinajstić information content (AvgIpc) is 2.90. The molecule has 2 aliphatic rings. The lowest BCUT2D eigenvalue weighted by Gasteiger charge is -2.27. The third-order valence-electron chi connectivity index (χ3n) is 4.16. The lowest BCUT2D eigenvalue weighted by molar-refractivity contribution is -0.0463. The van der Waals surface area contributed by atoms with E-state index in [0.29, 0.717) is 6.10 Å². The highest BCUT2D eigenvalue weighted by atomic mass is 35.5. The van der Waals surface area contributed by atoms with Gasteiger partial charge >= 0.3 is 0 Å². The first kappa shape index (κ1) is 12.7. The summed E-state index contributed by atoms with van der Waals surface area (Å²) in [7, 11) is 0. The van der Waals surface area contributed by atoms with Gasteiger partial charge in [0, 0.05) is 19.0 Å². The molecule has 1 aliphatic carbocycles. The third-order valence-corrected chi connectivity index (χ3v) is 4.33. The molecule has 0 aromatic carbocycles. The molecular weight excluding hydrogens is 222 g/mol. The molecule has 0 aromatic heterocycles. The van der Waals surface area contributed by atoms with Crippen LogP contribution < -0.4 is 0 Å². The predicted octanol–water partition coefficient (Wildman–Crippen LogP) is 3.04. The van der Waals surface area contributed by atoms with Crippen molar-refractivity contribution in [2.45, 2.75) is 57.2 Å². The molecule has 0 bridgehead atoms. The van der Waals surface area contributed by atoms with E-state index < -0.39 is 0 Å². The molecular formula is C13H24ClNO. The Bertz CT molecular complexity index is 216. The Labute approximate surface area is 104 Å². The Morgan fingerprint density at radius 3 is 2.69 bits per heavy atom. The molecule has 1 spiro atoms. The van der Waals surface area contributed by atoms with E-state index in [4.69, 9.17) is 16.3 Å². The van der Waals surface area contributed by atoms with Gasteiger partial charge in [0.15, 0.2) is 0 Å². The van der Waals surface area contributed by atoms with Crippen molar-refractivity contribution in [3.63, 3.8) is 0 Å². The van der Waals surface area contributed by atoms with Crippen LogP contribution in [0.4, 0.5) is 0 Å². The van der Waals surface area contributed by atoms with Crippen molar-refractivity contribution in [2.24, 2.45) is 0 Å². The van der Waals surface area contributed by atoms with Crippen LogP contribution in [-0.2, 0) is 4.74 Å². The van der Waals surface area contributed by atoms with E-state index in [9.17, 15) is 0 Å². The molecule has 2 fully saturated rings. The molecule has 1 heterocycles. The van der Waals surface area contributed by atoms with Gasteiger partial charge in [0.05, 0.1) is 11.7 Å². The lowest BCUT2D eigenvalue weighted by Crippen LogP contribution is -2.35. The second kappa shape index (κ2) is 5.70. The number of rotatable bonds is 5. The minimum atomic E-state index is 0.283. The summed E-state index contributed by atoms with van der Waals surface area (Å²) < 4.78 is 6.30. The first-order chi connectivity index (χ1) is 7.78. The van der Waals surface area contributed by atoms with E-state index in [1.165, 1.54) is 38.5 Å². The smallest absolute Gasteiger partial charge is 0.0710 e. The van der Waals surface area contributed by atoms with Crippen LogP contribution in [0.5, 0.6) is 0 Å². The fraction of sp³-hybridized carbons (Fsp3) is 1.00. The Balaban J connectivity index is 1.79. The van der Waals surface area contributed by atoms with Crippen LogP contribution in [0.25, 0.3) is 0 Å². The molecule has 1 atom stereocenters. The number of halogens is 1. The SMILES string of the molecule is CCN(CCCl)CC1CCC2(CCCC2)O1. The van der Waals surface area contributed by atoms with Crippen LogP contribution in [-0.4, -0.2) is 42.1 Å². The molecule has 0 N–H and O–H groups in total. The second-order valence-electron chi connectivity index (χ2n) is 5.25. The standard InChI is InChI=1S/C13H24ClNO/c1-2-15(10-9-14)11-12-5-8-13(16-12)6-3-4-7-13/h12H,2-11H2,1H3. The average molecular weight is 246 g/mol. The van der Waals surface area contributed by atoms with Crippen LogP contribution in [0.2, 0.25) is 0 Å². The molecule has 1 saturated heterocycles. The Morgan fingerprint density at radius 1 is 1.31 bits per heavy atom. The van der Waals surface area contributed by atoms with Gasteiger partial charge in [-0.15, -0.1) is 11.6 Å². The molecule has 16 heavy (non-hydrogen) atoms. The van der Waals surface area contributed by atoms with Gasteiger partial charge in [0.25, 0.3) is 0 Å². The van der Waals surface area contributed by atoms with Gasteiger partial charge in [-0.25, -0.2) is 0 Å². The first-order valence-corrected chi connectivity index (χ1v) is 7.27. The van der Waals surface area contributed by atoms with Crippen molar-refractivity contribution >= 4 is 11.6 Å². The van der Waals surface area contributed by atoms with E-state index in [2.05, 4.69) is 11.8 Å². The van der Waals surface area contributed by atoms with Gasteiger partial charge in [-0.05, 0) is 32.2 Å². The normalized spacial score (nSPS) is 28.3. The minimum absolute atomic E-state index is 0.283. The maximum atomic E-state index is 6.30. The molecule has 2 rings (SSSR count). The van der Waals surface area contributed by atoms with Gasteiger partial charge in [-0.3, -0.25) is 4.90 Å². The van der Waals surface area contributed by atoms with E-state index >= 15 is 0 Å². The summed E-state index contributed by atoms with van der Waals surface area (Å²) in [5, 5.41) is 0. The molecule has 3 heteroatoms. The monoisotopic (exact) mass is 245 g/mol. The van der Waals surface area contributed by atoms with Crippen molar-refractivity contribution in [3.8, 4) is 0 Å². The van der Waals surface area contributed by atoms with Crippen molar-refractivity contribution in [3.05, 3.63) is 0 Å². The number of nitrogens with zero attached hydrogens (tertiary/aromatic N) is 1. The van der Waals surface area contributed by atoms with Gasteiger partial charge in [0.1, 0.15) is 0 Å². The molecule has 0 amide bonds. The van der Waals surface area contributed by atoms with E-state index in [-0.39, 0.29) is 5.60 Å². The summed E-state index contributed by atoms with van der Waals surface area (Å²) in [6, 6.07) is 0. The molecule has 94 valence electrons. The zero-order chi connectivity index (χ0) is 11.4. The highest BCUT2D eigenvalue weighted by Gasteiger charge is 2.42. The number of likely N-dealkylation sites (N-methyl/N-ethyl adjacent to an activating group) is 1. The van der Waals surface area contributed by atoms with Gasteiger partial charge in [-0.2, -0.15) is 0 Å². The molecule has 0 radical (unpaired) electrons. The number of hydrogen-bond acceptors (Lipinski definition) is 2. The van der Waals surface area contributed by atoms with E-state index in [1.54, 1.807) is 0 Å². The van der Waals surface area contributed by atoms with Gasteiger partial charge in [0.2, 0.25) is 0 Å². The largest absolute Gasteiger partial charge is 0.370 e. The molecule has 2 nitrogen and oxygen atoms in total. The van der Waals surface area contributed by atoms with E-state index in [0.717, 1.165) is 25.5 Å². The zero-order valence-corrected chi connectivity index (χ0v) is 11.1. The zero-order valence-electron chi connectivity index (χ0n) is 10.4. The summed E-state index contributed by atoms with van der Waals surface area (Å²) >= 11 is 5.80. The fourth-order valence-electron chi connectivity index (χ4n) is 3.20. The highest BCUT2D eigenvalue weighted by Crippen LogP contribution is 2.43. The first-order valence-electron chi connectivity index (χ1n) is 6.74. The quantitative estimate of drug-likeness (QED) is 0.691. The topological polar surface area (TPSA) is 12.5 Å². The van der Waals surface area contributed by atoms with Crippen molar-refractivity contribution in [2.75, 3.05) is 25.5 Å². The summed E-state index contributed by atoms with van der Waals surface area (Å²) in [5.74, 6) is 0.728. The lowest BCUT2D eigenvalue weighted by atomic mass is 9.98. The fourth-order valence-corrected chi connectivity index (χ4v) is 3.44. The maximum Gasteiger partial charge on any atom is 0.0710 e. The van der Waals surface area contributed by atoms with Crippen LogP contribution in [0, 0.1) is 0 Å². The van der Waals surface area contributed by atoms with Gasteiger partial charge < -0.3 is 4.74 Å². The predicted molar refractivity (Wildman–Crippen MR) is 68.1 cm³/mol. The summed E-state index contributed by atoms with van der Waals surface area (Å²) in [5.41, 5.74) is 0.283. The number of ether oxygens (including phenoxy) is 1. The highest BCUT2D eigenvalue weighted by molar-refractivity contribution is 6.18. The summed E-state index contributed by atoms with van der Waals surface area (Å²) in [6.07, 6.45) is 8.32.